The Kier molecular flexibility index (Phi) is 8.20. The van der Waals surface area contributed by atoms with E-state index in [-0.39, 0.29) is 18.0 Å². The minimum absolute atomic E-state index is 0.0401. The largest absolute Gasteiger partial charge is 0.461 e. The van der Waals surface area contributed by atoms with E-state index in [9.17, 15) is 4.79 Å². The van der Waals surface area contributed by atoms with Crippen molar-refractivity contribution >= 4 is 5.97 Å². The van der Waals surface area contributed by atoms with E-state index in [1.165, 1.54) is 0 Å². The van der Waals surface area contributed by atoms with E-state index in [4.69, 9.17) is 4.74 Å². The molecule has 0 aliphatic carbocycles. The van der Waals surface area contributed by atoms with Crippen LogP contribution in [0.3, 0.4) is 0 Å². The molecule has 18 heavy (non-hydrogen) atoms. The molecule has 0 spiro atoms. The van der Waals surface area contributed by atoms with Crippen LogP contribution in [0.2, 0.25) is 0 Å². The molecule has 0 aromatic carbocycles. The Morgan fingerprint density at radius 2 is 1.89 bits per heavy atom. The van der Waals surface area contributed by atoms with Crippen LogP contribution < -0.4 is 5.43 Å². The average molecular weight is 259 g/mol. The first-order chi connectivity index (χ1) is 8.30. The molecule has 0 saturated heterocycles. The van der Waals surface area contributed by atoms with Crippen LogP contribution in [0.25, 0.3) is 0 Å². The normalized spacial score (nSPS) is 15.2. The number of nitrogens with zero attached hydrogens (tertiary/aromatic N) is 1. The zero-order chi connectivity index (χ0) is 14.2. The molecule has 0 rings (SSSR count). The van der Waals surface area contributed by atoms with E-state index in [0.29, 0.717) is 11.1 Å². The number of unbranched alkanes of at least 4 members (excludes halogenated alkanes) is 1. The smallest absolute Gasteiger partial charge is 0.309 e. The lowest BCUT2D eigenvalue weighted by molar-refractivity contribution is -0.915. The van der Waals surface area contributed by atoms with Gasteiger partial charge in [0.15, 0.2) is 0 Å². The highest BCUT2D eigenvalue weighted by atomic mass is 16.5. The van der Waals surface area contributed by atoms with E-state index in [1.807, 2.05) is 28.1 Å². The second-order valence-corrected chi connectivity index (χ2v) is 5.87. The monoisotopic (exact) mass is 259 g/mol. The summed E-state index contributed by atoms with van der Waals surface area (Å²) >= 11 is 0. The van der Waals surface area contributed by atoms with Crippen molar-refractivity contribution in [2.45, 2.75) is 52.6 Å². The molecular formula is C14H31N2O2+. The number of carbonyl (C=O) groups excluding carboxylic acids is 1. The second kappa shape index (κ2) is 8.48. The molecule has 0 fully saturated rings. The van der Waals surface area contributed by atoms with Crippen LogP contribution in [-0.4, -0.2) is 44.4 Å². The Bertz CT molecular complexity index is 236. The zero-order valence-electron chi connectivity index (χ0n) is 13.0. The summed E-state index contributed by atoms with van der Waals surface area (Å²) in [7, 11) is 6.14. The van der Waals surface area contributed by atoms with E-state index in [2.05, 4.69) is 19.3 Å². The molecule has 2 atom stereocenters. The van der Waals surface area contributed by atoms with Crippen LogP contribution in [0, 0.1) is 5.92 Å². The third-order valence-corrected chi connectivity index (χ3v) is 2.90. The van der Waals surface area contributed by atoms with Gasteiger partial charge in [-0.3, -0.25) is 9.39 Å². The summed E-state index contributed by atoms with van der Waals surface area (Å²) in [5.74, 6) is 0.0261. The zero-order valence-corrected chi connectivity index (χ0v) is 13.0. The molecule has 0 bridgehead atoms. The van der Waals surface area contributed by atoms with E-state index < -0.39 is 0 Å². The number of hydrogen-bond donors (Lipinski definition) is 1. The van der Waals surface area contributed by atoms with Crippen molar-refractivity contribution in [1.29, 1.82) is 0 Å². The molecule has 0 aliphatic heterocycles. The van der Waals surface area contributed by atoms with Gasteiger partial charge in [-0.15, -0.1) is 0 Å². The Balaban J connectivity index is 4.03. The molecule has 0 heterocycles. The number of carbonyl (C=O) groups is 1. The standard InChI is InChI=1S/C14H31N2O2/c1-7-9-10-13(8-2)14(17)18-12(3)11-15-16(4,5)6/h12-13,15H,7-11H2,1-6H3/q+1. The first-order valence-corrected chi connectivity index (χ1v) is 7.07. The van der Waals surface area contributed by atoms with E-state index in [1.54, 1.807) is 0 Å². The summed E-state index contributed by atoms with van der Waals surface area (Å²) in [6, 6.07) is 0. The SMILES string of the molecule is CCCCC(CC)C(=O)OC(C)CN[N+](C)(C)C. The fraction of sp³-hybridized carbons (Fsp3) is 0.929. The van der Waals surface area contributed by atoms with Gasteiger partial charge < -0.3 is 4.74 Å². The molecule has 4 heteroatoms. The summed E-state index contributed by atoms with van der Waals surface area (Å²) in [4.78, 5) is 12.0. The molecule has 0 amide bonds. The van der Waals surface area contributed by atoms with Gasteiger partial charge in [0.1, 0.15) is 6.10 Å². The molecular weight excluding hydrogens is 228 g/mol. The minimum atomic E-state index is -0.0782. The molecule has 0 saturated carbocycles. The number of quaternary nitrogens is 1. The van der Waals surface area contributed by atoms with Crippen molar-refractivity contribution in [3.05, 3.63) is 0 Å². The third-order valence-electron chi connectivity index (χ3n) is 2.90. The topological polar surface area (TPSA) is 38.3 Å². The van der Waals surface area contributed by atoms with Crippen LogP contribution in [-0.2, 0) is 9.53 Å². The van der Waals surface area contributed by atoms with Crippen molar-refractivity contribution < 1.29 is 14.1 Å². The average Bonchev–Trinajstić information content (AvgIpc) is 2.26. The van der Waals surface area contributed by atoms with Gasteiger partial charge in [0.05, 0.1) is 33.6 Å². The summed E-state index contributed by atoms with van der Waals surface area (Å²) < 4.78 is 6.15. The second-order valence-electron chi connectivity index (χ2n) is 5.87. The summed E-state index contributed by atoms with van der Waals surface area (Å²) in [5.41, 5.74) is 3.29. The number of esters is 1. The number of ether oxygens (including phenoxy) is 1. The van der Waals surface area contributed by atoms with Gasteiger partial charge in [-0.25, -0.2) is 0 Å². The third kappa shape index (κ3) is 8.48. The fourth-order valence-corrected chi connectivity index (χ4v) is 1.68. The lowest BCUT2D eigenvalue weighted by atomic mass is 10.00. The van der Waals surface area contributed by atoms with Crippen LogP contribution >= 0.6 is 0 Å². The van der Waals surface area contributed by atoms with Crippen molar-refractivity contribution in [3.63, 3.8) is 0 Å². The molecule has 0 aromatic rings. The minimum Gasteiger partial charge on any atom is -0.461 e. The van der Waals surface area contributed by atoms with Crippen molar-refractivity contribution in [3.8, 4) is 0 Å². The predicted molar refractivity (Wildman–Crippen MR) is 74.9 cm³/mol. The Hall–Kier alpha value is -0.610. The Morgan fingerprint density at radius 3 is 2.33 bits per heavy atom. The van der Waals surface area contributed by atoms with Gasteiger partial charge in [0.2, 0.25) is 0 Å². The molecule has 4 nitrogen and oxygen atoms in total. The highest BCUT2D eigenvalue weighted by Crippen LogP contribution is 2.15. The quantitative estimate of drug-likeness (QED) is 0.392. The van der Waals surface area contributed by atoms with Gasteiger partial charge in [0.25, 0.3) is 0 Å². The Labute approximate surface area is 112 Å². The highest BCUT2D eigenvalue weighted by molar-refractivity contribution is 5.72. The highest BCUT2D eigenvalue weighted by Gasteiger charge is 2.20. The van der Waals surface area contributed by atoms with Gasteiger partial charge in [0, 0.05) is 0 Å². The molecule has 0 radical (unpaired) electrons. The Morgan fingerprint density at radius 1 is 1.28 bits per heavy atom. The number of hydrogen-bond acceptors (Lipinski definition) is 3. The summed E-state index contributed by atoms with van der Waals surface area (Å²) in [6.45, 7) is 6.81. The molecule has 2 unspecified atom stereocenters. The first kappa shape index (κ1) is 17.4. The van der Waals surface area contributed by atoms with Crippen LogP contribution in [0.1, 0.15) is 46.5 Å². The lowest BCUT2D eigenvalue weighted by Crippen LogP contribution is -2.51. The maximum absolute atomic E-state index is 12.0. The van der Waals surface area contributed by atoms with Gasteiger partial charge >= 0.3 is 5.97 Å². The summed E-state index contributed by atoms with van der Waals surface area (Å²) in [5, 5.41) is 0. The maximum Gasteiger partial charge on any atom is 0.309 e. The van der Waals surface area contributed by atoms with Crippen molar-refractivity contribution in [2.24, 2.45) is 5.92 Å². The predicted octanol–water partition coefficient (Wildman–Crippen LogP) is 2.35. The van der Waals surface area contributed by atoms with Crippen LogP contribution in [0.4, 0.5) is 0 Å². The van der Waals surface area contributed by atoms with E-state index >= 15 is 0 Å². The van der Waals surface area contributed by atoms with Gasteiger partial charge in [-0.1, -0.05) is 26.7 Å². The van der Waals surface area contributed by atoms with Gasteiger partial charge in [-0.2, -0.15) is 5.43 Å². The van der Waals surface area contributed by atoms with Crippen LogP contribution in [0.5, 0.6) is 0 Å². The van der Waals surface area contributed by atoms with Crippen LogP contribution in [0.15, 0.2) is 0 Å². The molecule has 108 valence electrons. The maximum atomic E-state index is 12.0. The first-order valence-electron chi connectivity index (χ1n) is 7.07. The van der Waals surface area contributed by atoms with Gasteiger partial charge in [-0.05, 0) is 19.8 Å². The molecule has 0 aromatic heterocycles. The van der Waals surface area contributed by atoms with E-state index in [0.717, 1.165) is 25.7 Å². The summed E-state index contributed by atoms with van der Waals surface area (Å²) in [6.07, 6.45) is 3.96. The lowest BCUT2D eigenvalue weighted by Gasteiger charge is -2.26. The number of nitrogens with one attached hydrogen (secondary N) is 1. The molecule has 1 N–H and O–H groups in total. The fourth-order valence-electron chi connectivity index (χ4n) is 1.68. The van der Waals surface area contributed by atoms with Crippen molar-refractivity contribution in [2.75, 3.05) is 27.7 Å². The number of rotatable bonds is 9. The molecule has 0 aliphatic rings. The van der Waals surface area contributed by atoms with Crippen molar-refractivity contribution in [1.82, 2.24) is 5.43 Å².